The van der Waals surface area contributed by atoms with Gasteiger partial charge in [0, 0.05) is 30.4 Å². The first-order chi connectivity index (χ1) is 13.2. The number of nitrogens with two attached hydrogens (primary N) is 1. The molecule has 156 valence electrons. The second kappa shape index (κ2) is 8.89. The van der Waals surface area contributed by atoms with Crippen molar-refractivity contribution in [1.29, 1.82) is 0 Å². The molecule has 1 aliphatic heterocycles. The average Bonchev–Trinajstić information content (AvgIpc) is 2.96. The highest BCUT2D eigenvalue weighted by atomic mass is 32.2. The quantitative estimate of drug-likeness (QED) is 0.600. The lowest BCUT2D eigenvalue weighted by Crippen LogP contribution is -2.47. The number of hydrogen-bond acceptors (Lipinski definition) is 6. The van der Waals surface area contributed by atoms with E-state index >= 15 is 0 Å². The molecule has 3 rings (SSSR count). The highest BCUT2D eigenvalue weighted by molar-refractivity contribution is 7.88. The standard InChI is InChI=1S/C18H28N4O4S2/c1-28(25,26)21-12-5-4-9-22(11-12)10-8-15(23)20-18-16(17(19)24)13-6-2-3-7-14(13)27-18/h12,21H,2-11H2,1H3,(H2,19,24)(H,20,23). The summed E-state index contributed by atoms with van der Waals surface area (Å²) >= 11 is 1.46. The number of anilines is 1. The summed E-state index contributed by atoms with van der Waals surface area (Å²) in [5, 5.41) is 3.45. The summed E-state index contributed by atoms with van der Waals surface area (Å²) in [5.74, 6) is -0.639. The number of hydrogen-bond donors (Lipinski definition) is 3. The van der Waals surface area contributed by atoms with Crippen LogP contribution in [-0.2, 0) is 27.7 Å². The first kappa shape index (κ1) is 21.2. The number of fused-ring (bicyclic) bond motifs is 1. The molecule has 4 N–H and O–H groups in total. The summed E-state index contributed by atoms with van der Waals surface area (Å²) in [6, 6.07) is -0.114. The smallest absolute Gasteiger partial charge is 0.251 e. The Balaban J connectivity index is 1.56. The van der Waals surface area contributed by atoms with Crippen molar-refractivity contribution in [3.63, 3.8) is 0 Å². The molecule has 0 radical (unpaired) electrons. The van der Waals surface area contributed by atoms with Gasteiger partial charge in [0.25, 0.3) is 5.91 Å². The molecule has 1 atom stereocenters. The van der Waals surface area contributed by atoms with E-state index in [-0.39, 0.29) is 18.4 Å². The molecule has 1 aliphatic carbocycles. The molecule has 0 bridgehead atoms. The van der Waals surface area contributed by atoms with Gasteiger partial charge >= 0.3 is 0 Å². The van der Waals surface area contributed by atoms with Crippen LogP contribution < -0.4 is 15.8 Å². The van der Waals surface area contributed by atoms with Crippen molar-refractivity contribution < 1.29 is 18.0 Å². The van der Waals surface area contributed by atoms with Crippen LogP contribution >= 0.6 is 11.3 Å². The molecule has 8 nitrogen and oxygen atoms in total. The number of rotatable bonds is 7. The van der Waals surface area contributed by atoms with Crippen molar-refractivity contribution >= 4 is 38.2 Å². The number of likely N-dealkylation sites (tertiary alicyclic amines) is 1. The van der Waals surface area contributed by atoms with Gasteiger partial charge < -0.3 is 16.0 Å². The Morgan fingerprint density at radius 3 is 2.71 bits per heavy atom. The number of nitrogens with one attached hydrogen (secondary N) is 2. The number of nitrogens with zero attached hydrogens (tertiary/aromatic N) is 1. The fourth-order valence-corrected chi connectivity index (χ4v) is 6.13. The third-order valence-electron chi connectivity index (χ3n) is 5.21. The molecule has 1 aromatic rings. The Labute approximate surface area is 169 Å². The maximum atomic E-state index is 12.5. The molecule has 2 aliphatic rings. The average molecular weight is 429 g/mol. The van der Waals surface area contributed by atoms with Crippen molar-refractivity contribution in [2.45, 2.75) is 51.0 Å². The fraction of sp³-hybridized carbons (Fsp3) is 0.667. The third-order valence-corrected chi connectivity index (χ3v) is 7.18. The van der Waals surface area contributed by atoms with E-state index in [4.69, 9.17) is 5.73 Å². The number of carbonyl (C=O) groups excluding carboxylic acids is 2. The molecular formula is C18H28N4O4S2. The van der Waals surface area contributed by atoms with E-state index < -0.39 is 15.9 Å². The summed E-state index contributed by atoms with van der Waals surface area (Å²) in [6.45, 7) is 1.99. The number of sulfonamides is 1. The van der Waals surface area contributed by atoms with E-state index in [2.05, 4.69) is 14.9 Å². The van der Waals surface area contributed by atoms with Crippen LogP contribution in [0.25, 0.3) is 0 Å². The van der Waals surface area contributed by atoms with E-state index in [1.165, 1.54) is 11.3 Å². The van der Waals surface area contributed by atoms with Crippen LogP contribution in [0.5, 0.6) is 0 Å². The summed E-state index contributed by atoms with van der Waals surface area (Å²) in [6.07, 6.45) is 7.03. The number of aryl methyl sites for hydroxylation is 1. The van der Waals surface area contributed by atoms with E-state index in [0.29, 0.717) is 23.7 Å². The lowest BCUT2D eigenvalue weighted by atomic mass is 9.95. The molecule has 1 aromatic heterocycles. The van der Waals surface area contributed by atoms with E-state index in [9.17, 15) is 18.0 Å². The van der Waals surface area contributed by atoms with Crippen molar-refractivity contribution in [2.24, 2.45) is 5.73 Å². The third kappa shape index (κ3) is 5.53. The summed E-state index contributed by atoms with van der Waals surface area (Å²) in [4.78, 5) is 27.6. The number of piperidine rings is 1. The van der Waals surface area contributed by atoms with Gasteiger partial charge in [-0.3, -0.25) is 9.59 Å². The first-order valence-electron chi connectivity index (χ1n) is 9.67. The van der Waals surface area contributed by atoms with Gasteiger partial charge in [0.15, 0.2) is 0 Å². The van der Waals surface area contributed by atoms with Crippen LogP contribution in [-0.4, -0.2) is 57.1 Å². The Hall–Kier alpha value is -1.49. The van der Waals surface area contributed by atoms with Crippen LogP contribution in [0.1, 0.15) is 52.9 Å². The lowest BCUT2D eigenvalue weighted by Gasteiger charge is -2.32. The minimum Gasteiger partial charge on any atom is -0.365 e. The predicted octanol–water partition coefficient (Wildman–Crippen LogP) is 1.07. The SMILES string of the molecule is CS(=O)(=O)NC1CCCN(CCC(=O)Nc2sc3c(c2C(N)=O)CCCC3)C1. The molecule has 2 heterocycles. The van der Waals surface area contributed by atoms with E-state index in [0.717, 1.165) is 61.8 Å². The topological polar surface area (TPSA) is 122 Å². The zero-order valence-electron chi connectivity index (χ0n) is 16.1. The van der Waals surface area contributed by atoms with Crippen LogP contribution in [0, 0.1) is 0 Å². The van der Waals surface area contributed by atoms with E-state index in [1.807, 2.05) is 0 Å². The van der Waals surface area contributed by atoms with Crippen molar-refractivity contribution in [2.75, 3.05) is 31.2 Å². The van der Waals surface area contributed by atoms with Crippen LogP contribution in [0.2, 0.25) is 0 Å². The highest BCUT2D eigenvalue weighted by Gasteiger charge is 2.26. The Morgan fingerprint density at radius 1 is 1.25 bits per heavy atom. The van der Waals surface area contributed by atoms with Gasteiger partial charge in [-0.25, -0.2) is 13.1 Å². The Bertz CT molecular complexity index is 850. The number of carbonyl (C=O) groups is 2. The zero-order chi connectivity index (χ0) is 20.3. The molecule has 1 saturated heterocycles. The largest absolute Gasteiger partial charge is 0.365 e. The molecule has 0 spiro atoms. The summed E-state index contributed by atoms with van der Waals surface area (Å²) in [5.41, 5.74) is 7.05. The maximum Gasteiger partial charge on any atom is 0.251 e. The van der Waals surface area contributed by atoms with Crippen molar-refractivity contribution in [3.8, 4) is 0 Å². The maximum absolute atomic E-state index is 12.5. The second-order valence-corrected chi connectivity index (χ2v) is 10.5. The van der Waals surface area contributed by atoms with Crippen LogP contribution in [0.3, 0.4) is 0 Å². The molecule has 2 amide bonds. The molecular weight excluding hydrogens is 400 g/mol. The molecule has 1 fully saturated rings. The van der Waals surface area contributed by atoms with Crippen molar-refractivity contribution in [1.82, 2.24) is 9.62 Å². The van der Waals surface area contributed by atoms with Crippen LogP contribution in [0.4, 0.5) is 5.00 Å². The van der Waals surface area contributed by atoms with E-state index in [1.54, 1.807) is 0 Å². The van der Waals surface area contributed by atoms with Crippen molar-refractivity contribution in [3.05, 3.63) is 16.0 Å². The van der Waals surface area contributed by atoms with Gasteiger partial charge in [0.05, 0.1) is 11.8 Å². The van der Waals surface area contributed by atoms with Gasteiger partial charge in [0.1, 0.15) is 5.00 Å². The molecule has 28 heavy (non-hydrogen) atoms. The minimum atomic E-state index is -3.23. The Morgan fingerprint density at radius 2 is 2.00 bits per heavy atom. The van der Waals surface area contributed by atoms with Gasteiger partial charge in [-0.05, 0) is 50.6 Å². The molecule has 0 aromatic carbocycles. The fourth-order valence-electron chi connectivity index (χ4n) is 4.02. The monoisotopic (exact) mass is 428 g/mol. The van der Waals surface area contributed by atoms with Gasteiger partial charge in [-0.2, -0.15) is 0 Å². The number of amides is 2. The van der Waals surface area contributed by atoms with Gasteiger partial charge in [0.2, 0.25) is 15.9 Å². The first-order valence-corrected chi connectivity index (χ1v) is 12.4. The second-order valence-electron chi connectivity index (χ2n) is 7.61. The van der Waals surface area contributed by atoms with Gasteiger partial charge in [-0.1, -0.05) is 0 Å². The Kier molecular flexibility index (Phi) is 6.74. The predicted molar refractivity (Wildman–Crippen MR) is 110 cm³/mol. The highest BCUT2D eigenvalue weighted by Crippen LogP contribution is 2.37. The summed E-state index contributed by atoms with van der Waals surface area (Å²) < 4.78 is 25.5. The van der Waals surface area contributed by atoms with Gasteiger partial charge in [-0.15, -0.1) is 11.3 Å². The lowest BCUT2D eigenvalue weighted by molar-refractivity contribution is -0.116. The minimum absolute atomic E-state index is 0.114. The number of primary amides is 1. The summed E-state index contributed by atoms with van der Waals surface area (Å²) in [7, 11) is -3.23. The number of thiophene rings is 1. The zero-order valence-corrected chi connectivity index (χ0v) is 17.8. The van der Waals surface area contributed by atoms with Crippen LogP contribution in [0.15, 0.2) is 0 Å². The normalized spacial score (nSPS) is 20.5. The molecule has 0 saturated carbocycles. The molecule has 10 heteroatoms. The molecule has 1 unspecified atom stereocenters.